The van der Waals surface area contributed by atoms with E-state index in [-0.39, 0.29) is 5.56 Å². The highest BCUT2D eigenvalue weighted by Crippen LogP contribution is 2.24. The lowest BCUT2D eigenvalue weighted by molar-refractivity contribution is -0.123. The summed E-state index contributed by atoms with van der Waals surface area (Å²) in [4.78, 5) is 11.7. The maximum Gasteiger partial charge on any atom is 0.324 e. The lowest BCUT2D eigenvalue weighted by Gasteiger charge is -2.19. The number of hydrogen-bond donors (Lipinski definition) is 2. The molecule has 1 heterocycles. The van der Waals surface area contributed by atoms with Crippen LogP contribution in [0.1, 0.15) is 22.3 Å². The highest BCUT2D eigenvalue weighted by Gasteiger charge is 2.40. The smallest absolute Gasteiger partial charge is 0.324 e. The number of carbonyl (C=O) groups is 1. The minimum absolute atomic E-state index is 0.192. The van der Waals surface area contributed by atoms with Gasteiger partial charge in [0.1, 0.15) is 0 Å². The minimum Gasteiger partial charge on any atom is -0.385 e. The van der Waals surface area contributed by atoms with Gasteiger partial charge in [0.25, 0.3) is 5.91 Å². The van der Waals surface area contributed by atoms with Gasteiger partial charge in [-0.05, 0) is 36.6 Å². The van der Waals surface area contributed by atoms with E-state index in [2.05, 4.69) is 5.32 Å². The quantitative estimate of drug-likeness (QED) is 0.837. The van der Waals surface area contributed by atoms with Gasteiger partial charge in [-0.15, -0.1) is 0 Å². The van der Waals surface area contributed by atoms with Crippen molar-refractivity contribution in [1.29, 1.82) is 0 Å². The van der Waals surface area contributed by atoms with E-state index >= 15 is 0 Å². The molecule has 0 aliphatic carbocycles. The van der Waals surface area contributed by atoms with Crippen LogP contribution in [0.4, 0.5) is 23.2 Å². The second-order valence-corrected chi connectivity index (χ2v) is 4.65. The minimum atomic E-state index is -4.22. The Bertz CT molecular complexity index is 505. The fourth-order valence-electron chi connectivity index (χ4n) is 1.99. The van der Waals surface area contributed by atoms with Gasteiger partial charge in [-0.1, -0.05) is 0 Å². The summed E-state index contributed by atoms with van der Waals surface area (Å²) in [6.45, 7) is -0.530. The highest BCUT2D eigenvalue weighted by molar-refractivity contribution is 5.95. The lowest BCUT2D eigenvalue weighted by Crippen LogP contribution is -2.41. The van der Waals surface area contributed by atoms with Gasteiger partial charge in [0, 0.05) is 17.8 Å². The number of benzene rings is 1. The number of halogens is 4. The van der Waals surface area contributed by atoms with Crippen molar-refractivity contribution in [3.05, 3.63) is 29.3 Å². The van der Waals surface area contributed by atoms with Crippen LogP contribution in [0, 0.1) is 0 Å². The zero-order valence-electron chi connectivity index (χ0n) is 10.6. The van der Waals surface area contributed by atoms with Gasteiger partial charge in [0.15, 0.2) is 0 Å². The standard InChI is InChI=1S/C13H14F4N2O/c14-12(15)13(16,17)7-19-11(20)9-3-4-10-8(6-9)2-1-5-18-10/h3-4,6,12,18H,1-2,5,7H2,(H,19,20). The third-order valence-corrected chi connectivity index (χ3v) is 3.11. The van der Waals surface area contributed by atoms with E-state index in [0.717, 1.165) is 30.6 Å². The number of rotatable bonds is 4. The van der Waals surface area contributed by atoms with Crippen molar-refractivity contribution in [2.75, 3.05) is 18.4 Å². The Kier molecular flexibility index (Phi) is 4.15. The summed E-state index contributed by atoms with van der Waals surface area (Å²) in [6.07, 6.45) is -2.09. The molecule has 0 atom stereocenters. The molecule has 0 bridgehead atoms. The Balaban J connectivity index is 2.03. The molecule has 0 spiro atoms. The number of alkyl halides is 4. The van der Waals surface area contributed by atoms with Crippen molar-refractivity contribution in [2.24, 2.45) is 0 Å². The first-order valence-corrected chi connectivity index (χ1v) is 6.21. The number of nitrogens with one attached hydrogen (secondary N) is 2. The number of aryl methyl sites for hydroxylation is 1. The van der Waals surface area contributed by atoms with Crippen molar-refractivity contribution in [3.8, 4) is 0 Å². The van der Waals surface area contributed by atoms with Crippen molar-refractivity contribution in [2.45, 2.75) is 25.2 Å². The average Bonchev–Trinajstić information content (AvgIpc) is 2.44. The van der Waals surface area contributed by atoms with Gasteiger partial charge in [-0.25, -0.2) is 8.78 Å². The molecule has 1 aliphatic heterocycles. The van der Waals surface area contributed by atoms with Gasteiger partial charge in [0.05, 0.1) is 6.54 Å². The molecule has 3 nitrogen and oxygen atoms in total. The van der Waals surface area contributed by atoms with Crippen molar-refractivity contribution < 1.29 is 22.4 Å². The third kappa shape index (κ3) is 3.20. The van der Waals surface area contributed by atoms with Gasteiger partial charge in [0.2, 0.25) is 0 Å². The molecule has 1 aromatic carbocycles. The van der Waals surface area contributed by atoms with E-state index in [1.165, 1.54) is 6.07 Å². The molecule has 0 saturated carbocycles. The maximum absolute atomic E-state index is 12.7. The van der Waals surface area contributed by atoms with Crippen LogP contribution in [0.3, 0.4) is 0 Å². The summed E-state index contributed by atoms with van der Waals surface area (Å²) in [6, 6.07) is 4.76. The number of amides is 1. The summed E-state index contributed by atoms with van der Waals surface area (Å²) in [7, 11) is 0. The Hall–Kier alpha value is -1.79. The van der Waals surface area contributed by atoms with Crippen molar-refractivity contribution in [1.82, 2.24) is 5.32 Å². The second kappa shape index (κ2) is 5.68. The average molecular weight is 290 g/mol. The summed E-state index contributed by atoms with van der Waals surface area (Å²) in [5.74, 6) is -5.00. The first kappa shape index (κ1) is 14.6. The Morgan fingerprint density at radius 1 is 1.40 bits per heavy atom. The molecule has 2 N–H and O–H groups in total. The molecule has 110 valence electrons. The van der Waals surface area contributed by atoms with Crippen LogP contribution in [0.2, 0.25) is 0 Å². The predicted octanol–water partition coefficient (Wildman–Crippen LogP) is 2.67. The van der Waals surface area contributed by atoms with Gasteiger partial charge >= 0.3 is 12.3 Å². The highest BCUT2D eigenvalue weighted by atomic mass is 19.3. The molecule has 0 aromatic heterocycles. The Morgan fingerprint density at radius 2 is 2.15 bits per heavy atom. The number of fused-ring (bicyclic) bond motifs is 1. The zero-order chi connectivity index (χ0) is 14.8. The zero-order valence-corrected chi connectivity index (χ0v) is 10.6. The van der Waals surface area contributed by atoms with Crippen LogP contribution >= 0.6 is 0 Å². The Labute approximate surface area is 113 Å². The van der Waals surface area contributed by atoms with Crippen LogP contribution in [0.5, 0.6) is 0 Å². The molecule has 0 fully saturated rings. The summed E-state index contributed by atoms with van der Waals surface area (Å²) in [5, 5.41) is 4.99. The fraction of sp³-hybridized carbons (Fsp3) is 0.462. The molecule has 0 saturated heterocycles. The van der Waals surface area contributed by atoms with E-state index in [0.29, 0.717) is 0 Å². The molecule has 20 heavy (non-hydrogen) atoms. The van der Waals surface area contributed by atoms with Crippen LogP contribution in [-0.4, -0.2) is 31.3 Å². The van der Waals surface area contributed by atoms with Gasteiger partial charge in [-0.3, -0.25) is 4.79 Å². The van der Waals surface area contributed by atoms with Crippen LogP contribution in [-0.2, 0) is 6.42 Å². The number of anilines is 1. The molecule has 1 amide bonds. The first-order chi connectivity index (χ1) is 9.40. The molecule has 0 unspecified atom stereocenters. The predicted molar refractivity (Wildman–Crippen MR) is 66.5 cm³/mol. The van der Waals surface area contributed by atoms with E-state index < -0.39 is 24.8 Å². The van der Waals surface area contributed by atoms with Gasteiger partial charge in [-0.2, -0.15) is 8.78 Å². The largest absolute Gasteiger partial charge is 0.385 e. The summed E-state index contributed by atoms with van der Waals surface area (Å²) in [5.41, 5.74) is 2.02. The topological polar surface area (TPSA) is 41.1 Å². The first-order valence-electron chi connectivity index (χ1n) is 6.21. The molecule has 2 rings (SSSR count). The molecular weight excluding hydrogens is 276 g/mol. The van der Waals surface area contributed by atoms with Crippen molar-refractivity contribution >= 4 is 11.6 Å². The normalized spacial score (nSPS) is 14.7. The second-order valence-electron chi connectivity index (χ2n) is 4.65. The SMILES string of the molecule is O=C(NCC(F)(F)C(F)F)c1ccc2c(c1)CCCN2. The summed E-state index contributed by atoms with van der Waals surface area (Å²) < 4.78 is 49.4. The van der Waals surface area contributed by atoms with Crippen LogP contribution < -0.4 is 10.6 Å². The van der Waals surface area contributed by atoms with Crippen LogP contribution in [0.15, 0.2) is 18.2 Å². The molecular formula is C13H14F4N2O. The molecule has 1 aromatic rings. The number of hydrogen-bond acceptors (Lipinski definition) is 2. The van der Waals surface area contributed by atoms with E-state index in [4.69, 9.17) is 0 Å². The van der Waals surface area contributed by atoms with Gasteiger partial charge < -0.3 is 10.6 Å². The monoisotopic (exact) mass is 290 g/mol. The number of carbonyl (C=O) groups excluding carboxylic acids is 1. The Morgan fingerprint density at radius 3 is 2.85 bits per heavy atom. The van der Waals surface area contributed by atoms with E-state index in [1.54, 1.807) is 12.1 Å². The van der Waals surface area contributed by atoms with Crippen molar-refractivity contribution in [3.63, 3.8) is 0 Å². The van der Waals surface area contributed by atoms with Crippen LogP contribution in [0.25, 0.3) is 0 Å². The molecule has 1 aliphatic rings. The van der Waals surface area contributed by atoms with E-state index in [9.17, 15) is 22.4 Å². The summed E-state index contributed by atoms with van der Waals surface area (Å²) >= 11 is 0. The lowest BCUT2D eigenvalue weighted by atomic mass is 10.0. The van der Waals surface area contributed by atoms with E-state index in [1.807, 2.05) is 5.32 Å². The molecule has 0 radical (unpaired) electrons. The fourth-order valence-corrected chi connectivity index (χ4v) is 1.99. The maximum atomic E-state index is 12.7. The molecule has 7 heteroatoms. The third-order valence-electron chi connectivity index (χ3n) is 3.11.